The van der Waals surface area contributed by atoms with Gasteiger partial charge in [-0.15, -0.1) is 0 Å². The lowest BCUT2D eigenvalue weighted by atomic mass is 10.0. The van der Waals surface area contributed by atoms with Crippen LogP contribution in [0.1, 0.15) is 27.2 Å². The number of nitrogens with zero attached hydrogens (tertiary/aromatic N) is 1. The van der Waals surface area contributed by atoms with Gasteiger partial charge in [0.1, 0.15) is 11.9 Å². The van der Waals surface area contributed by atoms with Crippen LogP contribution in [0.15, 0.2) is 24.3 Å². The number of hydrogen-bond acceptors (Lipinski definition) is 3. The first-order chi connectivity index (χ1) is 9.06. The first-order valence-corrected chi connectivity index (χ1v) is 7.26. The molecule has 3 heteroatoms. The van der Waals surface area contributed by atoms with Gasteiger partial charge in [0, 0.05) is 12.6 Å². The quantitative estimate of drug-likeness (QED) is 0.881. The second-order valence-corrected chi connectivity index (χ2v) is 6.04. The molecule has 0 radical (unpaired) electrons. The number of hydrogen-bond donors (Lipinski definition) is 1. The number of nitrogens with one attached hydrogen (secondary N) is 1. The third-order valence-corrected chi connectivity index (χ3v) is 3.76. The van der Waals surface area contributed by atoms with Crippen LogP contribution in [0, 0.1) is 5.92 Å². The molecule has 2 rings (SSSR count). The number of ether oxygens (including phenoxy) is 1. The van der Waals surface area contributed by atoms with Crippen molar-refractivity contribution < 1.29 is 4.74 Å². The second-order valence-electron chi connectivity index (χ2n) is 6.04. The van der Waals surface area contributed by atoms with Crippen LogP contribution in [0.4, 0.5) is 5.69 Å². The molecule has 3 nitrogen and oxygen atoms in total. The Hall–Kier alpha value is -1.22. The topological polar surface area (TPSA) is 24.5 Å². The van der Waals surface area contributed by atoms with E-state index in [0.29, 0.717) is 6.04 Å². The highest BCUT2D eigenvalue weighted by atomic mass is 16.5. The molecule has 0 saturated heterocycles. The first-order valence-electron chi connectivity index (χ1n) is 7.26. The zero-order valence-corrected chi connectivity index (χ0v) is 12.5. The molecule has 1 aliphatic heterocycles. The van der Waals surface area contributed by atoms with Crippen LogP contribution in [-0.2, 0) is 0 Å². The van der Waals surface area contributed by atoms with E-state index in [1.54, 1.807) is 0 Å². The van der Waals surface area contributed by atoms with Crippen LogP contribution in [0.2, 0.25) is 0 Å². The Morgan fingerprint density at radius 3 is 2.79 bits per heavy atom. The Morgan fingerprint density at radius 1 is 1.32 bits per heavy atom. The van der Waals surface area contributed by atoms with Crippen LogP contribution >= 0.6 is 0 Å². The van der Waals surface area contributed by atoms with Crippen molar-refractivity contribution in [3.05, 3.63) is 24.3 Å². The molecule has 0 aliphatic carbocycles. The van der Waals surface area contributed by atoms with Gasteiger partial charge in [-0.2, -0.15) is 0 Å². The monoisotopic (exact) mass is 262 g/mol. The van der Waals surface area contributed by atoms with Gasteiger partial charge < -0.3 is 10.1 Å². The molecule has 1 aliphatic rings. The first kappa shape index (κ1) is 14.2. The number of para-hydroxylation sites is 2. The average Bonchev–Trinajstić information content (AvgIpc) is 2.37. The number of likely N-dealkylation sites (N-methyl/N-ethyl adjacent to an activating group) is 1. The van der Waals surface area contributed by atoms with Gasteiger partial charge in [-0.1, -0.05) is 26.0 Å². The van der Waals surface area contributed by atoms with E-state index in [-0.39, 0.29) is 6.10 Å². The minimum Gasteiger partial charge on any atom is -0.485 e. The summed E-state index contributed by atoms with van der Waals surface area (Å²) >= 11 is 0. The number of fused-ring (bicyclic) bond motifs is 1. The van der Waals surface area contributed by atoms with Gasteiger partial charge in [-0.25, -0.2) is 0 Å². The third-order valence-electron chi connectivity index (χ3n) is 3.76. The van der Waals surface area contributed by atoms with Crippen LogP contribution < -0.4 is 10.1 Å². The van der Waals surface area contributed by atoms with Crippen LogP contribution in [0.25, 0.3) is 0 Å². The van der Waals surface area contributed by atoms with Gasteiger partial charge in [-0.3, -0.25) is 4.90 Å². The van der Waals surface area contributed by atoms with Crippen LogP contribution in [0.5, 0.6) is 5.75 Å². The smallest absolute Gasteiger partial charge is 0.142 e. The van der Waals surface area contributed by atoms with E-state index < -0.39 is 0 Å². The fraction of sp³-hybridized carbons (Fsp3) is 0.625. The molecule has 0 saturated carbocycles. The summed E-state index contributed by atoms with van der Waals surface area (Å²) in [7, 11) is 2.19. The zero-order chi connectivity index (χ0) is 13.8. The van der Waals surface area contributed by atoms with Gasteiger partial charge >= 0.3 is 0 Å². The third kappa shape index (κ3) is 3.87. The van der Waals surface area contributed by atoms with E-state index in [1.165, 1.54) is 6.42 Å². The highest BCUT2D eigenvalue weighted by molar-refractivity contribution is 5.57. The van der Waals surface area contributed by atoms with Gasteiger partial charge in [-0.05, 0) is 38.4 Å². The predicted octanol–water partition coefficient (Wildman–Crippen LogP) is 3.23. The Balaban J connectivity index is 1.88. The largest absolute Gasteiger partial charge is 0.485 e. The van der Waals surface area contributed by atoms with Crippen molar-refractivity contribution in [1.82, 2.24) is 4.90 Å². The van der Waals surface area contributed by atoms with E-state index in [2.05, 4.69) is 44.1 Å². The second kappa shape index (κ2) is 6.29. The lowest BCUT2D eigenvalue weighted by Gasteiger charge is -2.33. The zero-order valence-electron chi connectivity index (χ0n) is 12.5. The molecule has 19 heavy (non-hydrogen) atoms. The van der Waals surface area contributed by atoms with Crippen molar-refractivity contribution in [3.63, 3.8) is 0 Å². The highest BCUT2D eigenvalue weighted by Gasteiger charge is 2.22. The van der Waals surface area contributed by atoms with Crippen molar-refractivity contribution in [2.24, 2.45) is 5.92 Å². The molecule has 1 N–H and O–H groups in total. The molecule has 0 bridgehead atoms. The highest BCUT2D eigenvalue weighted by Crippen LogP contribution is 2.28. The summed E-state index contributed by atoms with van der Waals surface area (Å²) in [6.07, 6.45) is 1.46. The van der Waals surface area contributed by atoms with E-state index in [0.717, 1.165) is 30.4 Å². The summed E-state index contributed by atoms with van der Waals surface area (Å²) in [5.41, 5.74) is 1.11. The molecular weight excluding hydrogens is 236 g/mol. The molecule has 2 unspecified atom stereocenters. The molecule has 0 fully saturated rings. The van der Waals surface area contributed by atoms with E-state index >= 15 is 0 Å². The summed E-state index contributed by atoms with van der Waals surface area (Å²) in [6.45, 7) is 8.70. The molecule has 106 valence electrons. The van der Waals surface area contributed by atoms with Crippen molar-refractivity contribution in [2.45, 2.75) is 39.3 Å². The number of benzene rings is 1. The molecule has 0 aromatic heterocycles. The average molecular weight is 262 g/mol. The SMILES string of the molecule is CC(C)CC(C)N(C)CC1CNc2ccccc2O1. The van der Waals surface area contributed by atoms with E-state index in [4.69, 9.17) is 4.74 Å². The van der Waals surface area contributed by atoms with Crippen molar-refractivity contribution in [2.75, 3.05) is 25.5 Å². The van der Waals surface area contributed by atoms with Crippen LogP contribution in [-0.4, -0.2) is 37.2 Å². The maximum Gasteiger partial charge on any atom is 0.142 e. The minimum absolute atomic E-state index is 0.231. The lowest BCUT2D eigenvalue weighted by Crippen LogP contribution is -2.43. The summed E-state index contributed by atoms with van der Waals surface area (Å²) in [5.74, 6) is 1.72. The molecule has 0 amide bonds. The fourth-order valence-electron chi connectivity index (χ4n) is 2.63. The van der Waals surface area contributed by atoms with Crippen molar-refractivity contribution in [1.29, 1.82) is 0 Å². The minimum atomic E-state index is 0.231. The maximum atomic E-state index is 6.05. The van der Waals surface area contributed by atoms with Crippen molar-refractivity contribution >= 4 is 5.69 Å². The molecule has 1 heterocycles. The Morgan fingerprint density at radius 2 is 2.05 bits per heavy atom. The summed E-state index contributed by atoms with van der Waals surface area (Å²) < 4.78 is 6.05. The van der Waals surface area contributed by atoms with E-state index in [1.807, 2.05) is 18.2 Å². The molecule has 0 spiro atoms. The Kier molecular flexibility index (Phi) is 4.70. The Labute approximate surface area is 116 Å². The van der Waals surface area contributed by atoms with Crippen LogP contribution in [0.3, 0.4) is 0 Å². The van der Waals surface area contributed by atoms with Gasteiger partial charge in [0.05, 0.1) is 12.2 Å². The maximum absolute atomic E-state index is 6.05. The van der Waals surface area contributed by atoms with E-state index in [9.17, 15) is 0 Å². The summed E-state index contributed by atoms with van der Waals surface area (Å²) in [4.78, 5) is 2.40. The molecule has 1 aromatic rings. The predicted molar refractivity (Wildman–Crippen MR) is 80.9 cm³/mol. The summed E-state index contributed by atoms with van der Waals surface area (Å²) in [5, 5.41) is 3.45. The standard InChI is InChI=1S/C16H26N2O/c1-12(2)9-13(3)18(4)11-14-10-17-15-7-5-6-8-16(15)19-14/h5-8,12-14,17H,9-11H2,1-4H3. The van der Waals surface area contributed by atoms with Gasteiger partial charge in [0.15, 0.2) is 0 Å². The Bertz CT molecular complexity index is 405. The molecule has 1 aromatic carbocycles. The summed E-state index contributed by atoms with van der Waals surface area (Å²) in [6, 6.07) is 8.75. The molecule has 2 atom stereocenters. The fourth-order valence-corrected chi connectivity index (χ4v) is 2.63. The van der Waals surface area contributed by atoms with Gasteiger partial charge in [0.2, 0.25) is 0 Å². The molecular formula is C16H26N2O. The lowest BCUT2D eigenvalue weighted by molar-refractivity contribution is 0.123. The van der Waals surface area contributed by atoms with Gasteiger partial charge in [0.25, 0.3) is 0 Å². The van der Waals surface area contributed by atoms with Crippen molar-refractivity contribution in [3.8, 4) is 5.75 Å². The normalized spacial score (nSPS) is 19.8. The number of anilines is 1. The number of rotatable bonds is 5.